The SMILES string of the molecule is Cc1ccc(C(=O)NCCOCC(F)F)cc1S(N)(=O)=O. The van der Waals surface area contributed by atoms with Gasteiger partial charge in [-0.25, -0.2) is 22.3 Å². The quantitative estimate of drug-likeness (QED) is 0.720. The molecule has 3 N–H and O–H groups in total. The highest BCUT2D eigenvalue weighted by molar-refractivity contribution is 7.89. The van der Waals surface area contributed by atoms with Crippen LogP contribution in [0.1, 0.15) is 15.9 Å². The van der Waals surface area contributed by atoms with Crippen LogP contribution in [0.3, 0.4) is 0 Å². The fourth-order valence-corrected chi connectivity index (χ4v) is 2.37. The molecule has 0 aliphatic heterocycles. The van der Waals surface area contributed by atoms with E-state index in [2.05, 4.69) is 10.1 Å². The molecule has 118 valence electrons. The van der Waals surface area contributed by atoms with Gasteiger partial charge in [0.15, 0.2) is 0 Å². The van der Waals surface area contributed by atoms with Gasteiger partial charge in [0, 0.05) is 12.1 Å². The second kappa shape index (κ2) is 7.43. The summed E-state index contributed by atoms with van der Waals surface area (Å²) in [5.41, 5.74) is 0.535. The third-order valence-corrected chi connectivity index (χ3v) is 3.59. The molecule has 0 saturated carbocycles. The number of hydrogen-bond donors (Lipinski definition) is 2. The van der Waals surface area contributed by atoms with Crippen LogP contribution in [0.5, 0.6) is 0 Å². The van der Waals surface area contributed by atoms with Crippen molar-refractivity contribution in [1.82, 2.24) is 5.32 Å². The molecule has 0 aliphatic carbocycles. The predicted octanol–water partition coefficient (Wildman–Crippen LogP) is 0.654. The summed E-state index contributed by atoms with van der Waals surface area (Å²) < 4.78 is 50.9. The Morgan fingerprint density at radius 1 is 1.43 bits per heavy atom. The maximum atomic E-state index is 11.8. The highest BCUT2D eigenvalue weighted by atomic mass is 32.2. The lowest BCUT2D eigenvalue weighted by atomic mass is 10.1. The minimum Gasteiger partial charge on any atom is -0.374 e. The van der Waals surface area contributed by atoms with E-state index in [0.717, 1.165) is 0 Å². The van der Waals surface area contributed by atoms with Crippen LogP contribution in [0, 0.1) is 6.92 Å². The van der Waals surface area contributed by atoms with Crippen LogP contribution in [-0.2, 0) is 14.8 Å². The molecular weight excluding hydrogens is 306 g/mol. The van der Waals surface area contributed by atoms with Gasteiger partial charge in [-0.3, -0.25) is 4.79 Å². The molecule has 0 atom stereocenters. The Morgan fingerprint density at radius 2 is 2.10 bits per heavy atom. The standard InChI is InChI=1S/C12H16F2N2O4S/c1-8-2-3-9(6-10(8)21(15,18)19)12(17)16-4-5-20-7-11(13)14/h2-3,6,11H,4-5,7H2,1H3,(H,16,17)(H2,15,18,19). The lowest BCUT2D eigenvalue weighted by Crippen LogP contribution is -2.28. The number of amides is 1. The van der Waals surface area contributed by atoms with Gasteiger partial charge < -0.3 is 10.1 Å². The molecule has 0 unspecified atom stereocenters. The van der Waals surface area contributed by atoms with Crippen LogP contribution in [0.15, 0.2) is 23.1 Å². The van der Waals surface area contributed by atoms with Gasteiger partial charge in [-0.1, -0.05) is 6.07 Å². The number of aryl methyl sites for hydroxylation is 1. The minimum atomic E-state index is -3.92. The van der Waals surface area contributed by atoms with Crippen molar-refractivity contribution in [2.24, 2.45) is 5.14 Å². The molecule has 1 rings (SSSR count). The first kappa shape index (κ1) is 17.5. The molecule has 0 saturated heterocycles. The van der Waals surface area contributed by atoms with E-state index in [1.54, 1.807) is 6.92 Å². The normalized spacial score (nSPS) is 11.7. The van der Waals surface area contributed by atoms with Crippen molar-refractivity contribution >= 4 is 15.9 Å². The monoisotopic (exact) mass is 322 g/mol. The second-order valence-corrected chi connectivity index (χ2v) is 5.78. The number of sulfonamides is 1. The Balaban J connectivity index is 2.63. The molecule has 9 heteroatoms. The Labute approximate surface area is 121 Å². The number of ether oxygens (including phenoxy) is 1. The number of primary sulfonamides is 1. The van der Waals surface area contributed by atoms with Gasteiger partial charge in [0.1, 0.15) is 6.61 Å². The fraction of sp³-hybridized carbons (Fsp3) is 0.417. The third-order valence-electron chi connectivity index (χ3n) is 2.53. The van der Waals surface area contributed by atoms with E-state index in [1.807, 2.05) is 0 Å². The van der Waals surface area contributed by atoms with E-state index in [1.165, 1.54) is 18.2 Å². The number of alkyl halides is 2. The van der Waals surface area contributed by atoms with E-state index >= 15 is 0 Å². The number of nitrogens with two attached hydrogens (primary N) is 1. The molecule has 0 heterocycles. The van der Waals surface area contributed by atoms with Gasteiger partial charge in [-0.15, -0.1) is 0 Å². The number of benzene rings is 1. The molecule has 0 radical (unpaired) electrons. The van der Waals surface area contributed by atoms with Crippen LogP contribution in [0.4, 0.5) is 8.78 Å². The molecule has 1 aromatic rings. The number of hydrogen-bond acceptors (Lipinski definition) is 4. The van der Waals surface area contributed by atoms with Gasteiger partial charge in [-0.2, -0.15) is 0 Å². The first-order chi connectivity index (χ1) is 9.71. The van der Waals surface area contributed by atoms with E-state index < -0.39 is 29.0 Å². The molecule has 1 aromatic carbocycles. The third kappa shape index (κ3) is 5.74. The molecule has 1 amide bonds. The summed E-state index contributed by atoms with van der Waals surface area (Å²) in [5, 5.41) is 7.47. The van der Waals surface area contributed by atoms with E-state index in [9.17, 15) is 22.0 Å². The number of halogens is 2. The Hall–Kier alpha value is -1.58. The summed E-state index contributed by atoms with van der Waals surface area (Å²) in [5.74, 6) is -0.541. The van der Waals surface area contributed by atoms with Gasteiger partial charge in [-0.05, 0) is 24.6 Å². The number of nitrogens with one attached hydrogen (secondary N) is 1. The lowest BCUT2D eigenvalue weighted by molar-refractivity contribution is 0.0188. The van der Waals surface area contributed by atoms with E-state index in [4.69, 9.17) is 5.14 Å². The van der Waals surface area contributed by atoms with Crippen LogP contribution in [-0.4, -0.2) is 40.5 Å². The van der Waals surface area contributed by atoms with Crippen molar-refractivity contribution in [3.63, 3.8) is 0 Å². The minimum absolute atomic E-state index is 0.0319. The van der Waals surface area contributed by atoms with Crippen molar-refractivity contribution < 1.29 is 26.7 Å². The molecule has 0 bridgehead atoms. The van der Waals surface area contributed by atoms with Crippen molar-refractivity contribution in [2.75, 3.05) is 19.8 Å². The Morgan fingerprint density at radius 3 is 2.67 bits per heavy atom. The van der Waals surface area contributed by atoms with E-state index in [-0.39, 0.29) is 23.6 Å². The van der Waals surface area contributed by atoms with Gasteiger partial charge in [0.25, 0.3) is 12.3 Å². The Kier molecular flexibility index (Phi) is 6.19. The first-order valence-corrected chi connectivity index (χ1v) is 7.54. The van der Waals surface area contributed by atoms with Crippen molar-refractivity contribution in [1.29, 1.82) is 0 Å². The smallest absolute Gasteiger partial charge is 0.261 e. The van der Waals surface area contributed by atoms with Gasteiger partial charge in [0.2, 0.25) is 10.0 Å². The summed E-state index contributed by atoms with van der Waals surface area (Å²) >= 11 is 0. The molecule has 0 fully saturated rings. The second-order valence-electron chi connectivity index (χ2n) is 4.25. The molecule has 0 aliphatic rings. The average Bonchev–Trinajstić information content (AvgIpc) is 2.36. The zero-order chi connectivity index (χ0) is 16.0. The summed E-state index contributed by atoms with van der Waals surface area (Å²) in [4.78, 5) is 11.6. The van der Waals surface area contributed by atoms with Gasteiger partial charge >= 0.3 is 0 Å². The molecule has 21 heavy (non-hydrogen) atoms. The average molecular weight is 322 g/mol. The number of rotatable bonds is 7. The van der Waals surface area contributed by atoms with Crippen LogP contribution >= 0.6 is 0 Å². The van der Waals surface area contributed by atoms with Crippen LogP contribution in [0.2, 0.25) is 0 Å². The largest absolute Gasteiger partial charge is 0.374 e. The molecule has 0 aromatic heterocycles. The van der Waals surface area contributed by atoms with Crippen LogP contribution < -0.4 is 10.5 Å². The maximum Gasteiger partial charge on any atom is 0.261 e. The van der Waals surface area contributed by atoms with Gasteiger partial charge in [0.05, 0.1) is 11.5 Å². The summed E-state index contributed by atoms with van der Waals surface area (Å²) in [7, 11) is -3.92. The summed E-state index contributed by atoms with van der Waals surface area (Å²) in [6, 6.07) is 4.07. The van der Waals surface area contributed by atoms with Crippen molar-refractivity contribution in [3.8, 4) is 0 Å². The summed E-state index contributed by atoms with van der Waals surface area (Å²) in [6.45, 7) is 0.823. The lowest BCUT2D eigenvalue weighted by Gasteiger charge is -2.08. The first-order valence-electron chi connectivity index (χ1n) is 5.99. The molecule has 0 spiro atoms. The zero-order valence-electron chi connectivity index (χ0n) is 11.3. The highest BCUT2D eigenvalue weighted by Crippen LogP contribution is 2.15. The maximum absolute atomic E-state index is 11.8. The highest BCUT2D eigenvalue weighted by Gasteiger charge is 2.15. The van der Waals surface area contributed by atoms with E-state index in [0.29, 0.717) is 5.56 Å². The Bertz CT molecular complexity index is 605. The topological polar surface area (TPSA) is 98.5 Å². The summed E-state index contributed by atoms with van der Waals surface area (Å²) in [6.07, 6.45) is -2.56. The van der Waals surface area contributed by atoms with Crippen molar-refractivity contribution in [2.45, 2.75) is 18.2 Å². The molecular formula is C12H16F2N2O4S. The zero-order valence-corrected chi connectivity index (χ0v) is 12.1. The fourth-order valence-electron chi connectivity index (χ4n) is 1.56. The number of carbonyl (C=O) groups excluding carboxylic acids is 1. The van der Waals surface area contributed by atoms with Crippen LogP contribution in [0.25, 0.3) is 0 Å². The van der Waals surface area contributed by atoms with Crippen molar-refractivity contribution in [3.05, 3.63) is 29.3 Å². The predicted molar refractivity (Wildman–Crippen MR) is 71.7 cm³/mol. The number of carbonyl (C=O) groups is 1. The molecule has 6 nitrogen and oxygen atoms in total.